The van der Waals surface area contributed by atoms with Gasteiger partial charge in [-0.15, -0.1) is 0 Å². The van der Waals surface area contributed by atoms with Crippen LogP contribution in [0.4, 0.5) is 0 Å². The summed E-state index contributed by atoms with van der Waals surface area (Å²) in [5.74, 6) is -4.98. The molecular formula is C34H56N14O8. The van der Waals surface area contributed by atoms with Gasteiger partial charge in [-0.1, -0.05) is 12.1 Å². The number of guanidine groups is 2. The van der Waals surface area contributed by atoms with Crippen LogP contribution >= 0.6 is 0 Å². The van der Waals surface area contributed by atoms with Crippen molar-refractivity contribution in [2.24, 2.45) is 38.7 Å². The van der Waals surface area contributed by atoms with Crippen LogP contribution in [0.5, 0.6) is 5.75 Å². The van der Waals surface area contributed by atoms with Gasteiger partial charge in [0.1, 0.15) is 36.0 Å². The number of likely N-dealkylation sites (N-methyl/N-ethyl adjacent to an activating group) is 1. The van der Waals surface area contributed by atoms with Gasteiger partial charge in [0.25, 0.3) is 0 Å². The third kappa shape index (κ3) is 16.4. The van der Waals surface area contributed by atoms with Crippen LogP contribution < -0.4 is 60.6 Å². The quantitative estimate of drug-likeness (QED) is 0.0281. The normalized spacial score (nSPS) is 15.5. The van der Waals surface area contributed by atoms with E-state index in [0.717, 1.165) is 0 Å². The van der Waals surface area contributed by atoms with Crippen molar-refractivity contribution in [1.29, 1.82) is 0 Å². The average molecular weight is 789 g/mol. The minimum atomic E-state index is -1.26. The number of hydrogen-bond acceptors (Lipinski definition) is 11. The first-order valence-electron chi connectivity index (χ1n) is 18.1. The topological polar surface area (TPSA) is 370 Å². The lowest BCUT2D eigenvalue weighted by Gasteiger charge is -2.29. The van der Waals surface area contributed by atoms with E-state index in [1.807, 2.05) is 0 Å². The molecule has 0 bridgehead atoms. The zero-order chi connectivity index (χ0) is 41.8. The van der Waals surface area contributed by atoms with E-state index < -0.39 is 78.1 Å². The van der Waals surface area contributed by atoms with E-state index in [1.54, 1.807) is 19.2 Å². The number of hydrogen-bond donors (Lipinski definition) is 12. The number of nitrogens with two attached hydrogens (primary N) is 5. The van der Waals surface area contributed by atoms with Crippen LogP contribution in [-0.4, -0.2) is 133 Å². The second-order valence-electron chi connectivity index (χ2n) is 13.1. The fraction of sp³-hybridized carbons (Fsp3) is 0.559. The van der Waals surface area contributed by atoms with Gasteiger partial charge < -0.3 is 70.6 Å². The van der Waals surface area contributed by atoms with Gasteiger partial charge in [-0.05, 0) is 70.2 Å². The van der Waals surface area contributed by atoms with Crippen LogP contribution in [-0.2, 0) is 40.0 Å². The van der Waals surface area contributed by atoms with Gasteiger partial charge in [-0.25, -0.2) is 0 Å². The zero-order valence-corrected chi connectivity index (χ0v) is 31.7. The van der Waals surface area contributed by atoms with Crippen molar-refractivity contribution in [3.63, 3.8) is 0 Å². The Morgan fingerprint density at radius 1 is 0.768 bits per heavy atom. The number of carbonyl (C=O) groups is 7. The first-order valence-corrected chi connectivity index (χ1v) is 18.1. The Balaban J connectivity index is 2.26. The van der Waals surface area contributed by atoms with E-state index >= 15 is 0 Å². The molecule has 2 rings (SSSR count). The molecule has 1 saturated heterocycles. The minimum absolute atomic E-state index is 0.00197. The van der Waals surface area contributed by atoms with Crippen molar-refractivity contribution in [1.82, 2.24) is 36.8 Å². The van der Waals surface area contributed by atoms with Crippen LogP contribution in [0.25, 0.3) is 0 Å². The molecule has 310 valence electrons. The second kappa shape index (κ2) is 23.6. The molecule has 1 fully saturated rings. The molecule has 0 spiro atoms. The summed E-state index contributed by atoms with van der Waals surface area (Å²) in [6, 6.07) is 0.214. The lowest BCUT2D eigenvalue weighted by Crippen LogP contribution is -2.58. The number of carbonyl (C=O) groups excluding carboxylic acids is 7. The molecule has 56 heavy (non-hydrogen) atoms. The molecule has 1 heterocycles. The zero-order valence-electron chi connectivity index (χ0n) is 31.7. The number of primary amides is 1. The molecular weight excluding hydrogens is 732 g/mol. The van der Waals surface area contributed by atoms with E-state index in [-0.39, 0.29) is 69.5 Å². The second-order valence-corrected chi connectivity index (χ2v) is 13.1. The molecule has 17 N–H and O–H groups in total. The molecule has 0 unspecified atom stereocenters. The first kappa shape index (κ1) is 46.0. The number of benzene rings is 1. The summed E-state index contributed by atoms with van der Waals surface area (Å²) in [5, 5.41) is 25.2. The van der Waals surface area contributed by atoms with Crippen LogP contribution in [0.2, 0.25) is 0 Å². The van der Waals surface area contributed by atoms with Gasteiger partial charge >= 0.3 is 0 Å². The average Bonchev–Trinajstić information content (AvgIpc) is 3.64. The van der Waals surface area contributed by atoms with Crippen molar-refractivity contribution in [3.8, 4) is 5.75 Å². The fourth-order valence-electron chi connectivity index (χ4n) is 5.73. The summed E-state index contributed by atoms with van der Waals surface area (Å²) in [6.07, 6.45) is 1.47. The van der Waals surface area contributed by atoms with Gasteiger partial charge in [0.15, 0.2) is 11.9 Å². The lowest BCUT2D eigenvalue weighted by molar-refractivity contribution is -0.141. The maximum absolute atomic E-state index is 13.8. The highest BCUT2D eigenvalue weighted by molar-refractivity contribution is 5.96. The third-order valence-corrected chi connectivity index (χ3v) is 8.57. The first-order chi connectivity index (χ1) is 26.5. The number of rotatable bonds is 23. The molecule has 0 aliphatic carbocycles. The van der Waals surface area contributed by atoms with E-state index in [0.29, 0.717) is 24.8 Å². The molecule has 1 aliphatic rings. The standard InChI is InChI=1S/C34H56N14O8/c1-19(29(53)47-23(7-4-14-42-34(38)39)32(56)48-15-5-8-25(48)28(35)52)44-30(54)22(6-3-13-41-33(36)37)46-31(55)24(16-20-9-11-21(49)12-10-20)45-27(51)18-43-26(50)17-40-2/h9-12,19,22-25,40,49H,3-8,13-18H2,1-2H3,(H2,35,52)(H,43,50)(H,44,54)(H,45,51)(H,46,55)(H,47,53)(H4,36,37,41)(H4,38,39,42)/t19-,22-,23-,24-,25-/m0/s1. The molecule has 0 radical (unpaired) electrons. The Kier molecular flexibility index (Phi) is 19.3. The van der Waals surface area contributed by atoms with Crippen LogP contribution in [0.3, 0.4) is 0 Å². The number of nitrogens with one attached hydrogen (secondary N) is 6. The Labute approximate surface area is 324 Å². The van der Waals surface area contributed by atoms with Crippen LogP contribution in [0, 0.1) is 0 Å². The highest BCUT2D eigenvalue weighted by atomic mass is 16.3. The molecule has 0 saturated carbocycles. The molecule has 5 atom stereocenters. The number of likely N-dealkylation sites (tertiary alicyclic amines) is 1. The van der Waals surface area contributed by atoms with E-state index in [2.05, 4.69) is 41.9 Å². The predicted octanol–water partition coefficient (Wildman–Crippen LogP) is -5.19. The van der Waals surface area contributed by atoms with E-state index in [1.165, 1.54) is 24.0 Å². The molecule has 1 aromatic carbocycles. The van der Waals surface area contributed by atoms with Crippen molar-refractivity contribution >= 4 is 53.3 Å². The van der Waals surface area contributed by atoms with Crippen LogP contribution in [0.1, 0.15) is 51.0 Å². The van der Waals surface area contributed by atoms with Crippen molar-refractivity contribution in [3.05, 3.63) is 29.8 Å². The van der Waals surface area contributed by atoms with Gasteiger partial charge in [0.2, 0.25) is 41.4 Å². The largest absolute Gasteiger partial charge is 0.508 e. The maximum Gasteiger partial charge on any atom is 0.245 e. The number of aromatic hydroxyl groups is 1. The predicted molar refractivity (Wildman–Crippen MR) is 206 cm³/mol. The number of phenolic OH excluding ortho intramolecular Hbond substituents is 1. The van der Waals surface area contributed by atoms with Gasteiger partial charge in [-0.2, -0.15) is 0 Å². The summed E-state index contributed by atoms with van der Waals surface area (Å²) in [4.78, 5) is 100. The van der Waals surface area contributed by atoms with Gasteiger partial charge in [0, 0.05) is 26.1 Å². The van der Waals surface area contributed by atoms with Crippen LogP contribution in [0.15, 0.2) is 34.3 Å². The molecule has 7 amide bonds. The maximum atomic E-state index is 13.8. The number of aliphatic imine (C=N–C) groups is 2. The summed E-state index contributed by atoms with van der Waals surface area (Å²) < 4.78 is 0. The Morgan fingerprint density at radius 2 is 1.34 bits per heavy atom. The molecule has 0 aromatic heterocycles. The third-order valence-electron chi connectivity index (χ3n) is 8.57. The van der Waals surface area contributed by atoms with Crippen molar-refractivity contribution in [2.45, 2.75) is 82.1 Å². The Bertz CT molecular complexity index is 1580. The van der Waals surface area contributed by atoms with E-state index in [9.17, 15) is 38.7 Å². The monoisotopic (exact) mass is 788 g/mol. The number of amides is 7. The fourth-order valence-corrected chi connectivity index (χ4v) is 5.73. The van der Waals surface area contributed by atoms with Gasteiger partial charge in [0.05, 0.1) is 13.1 Å². The highest BCUT2D eigenvalue weighted by Crippen LogP contribution is 2.19. The number of nitrogens with zero attached hydrogens (tertiary/aromatic N) is 3. The van der Waals surface area contributed by atoms with Gasteiger partial charge in [-0.3, -0.25) is 43.5 Å². The van der Waals surface area contributed by atoms with E-state index in [4.69, 9.17) is 28.7 Å². The lowest BCUT2D eigenvalue weighted by atomic mass is 10.0. The Morgan fingerprint density at radius 3 is 1.91 bits per heavy atom. The van der Waals surface area contributed by atoms with Crippen molar-refractivity contribution in [2.75, 3.05) is 39.8 Å². The molecule has 22 heteroatoms. The highest BCUT2D eigenvalue weighted by Gasteiger charge is 2.37. The smallest absolute Gasteiger partial charge is 0.245 e. The SMILES string of the molecule is CNCC(=O)NCC(=O)N[C@@H](Cc1ccc(O)cc1)C(=O)N[C@@H](CCCN=C(N)N)C(=O)N[C@@H](C)C(=O)N[C@@H](CCCN=C(N)N)C(=O)N1CCC[C@H]1C(N)=O. The summed E-state index contributed by atoms with van der Waals surface area (Å²) in [5.41, 5.74) is 27.8. The molecule has 22 nitrogen and oxygen atoms in total. The Hall–Kier alpha value is -6.19. The molecule has 1 aromatic rings. The minimum Gasteiger partial charge on any atom is -0.508 e. The summed E-state index contributed by atoms with van der Waals surface area (Å²) in [6.45, 7) is 1.43. The number of phenols is 1. The van der Waals surface area contributed by atoms with Crippen molar-refractivity contribution < 1.29 is 38.7 Å². The summed E-state index contributed by atoms with van der Waals surface area (Å²) >= 11 is 0. The summed E-state index contributed by atoms with van der Waals surface area (Å²) in [7, 11) is 1.56. The molecule has 1 aliphatic heterocycles.